The average molecular weight is 590 g/mol. The first-order valence-corrected chi connectivity index (χ1v) is 13.8. The number of hydrogen-bond acceptors (Lipinski definition) is 4. The molecule has 7 nitrogen and oxygen atoms in total. The Morgan fingerprint density at radius 2 is 1.64 bits per heavy atom. The van der Waals surface area contributed by atoms with Crippen LogP contribution in [0.15, 0.2) is 83.3 Å². The molecule has 3 aromatic carbocycles. The van der Waals surface area contributed by atoms with Gasteiger partial charge in [-0.2, -0.15) is 0 Å². The molecule has 1 aliphatic heterocycles. The lowest BCUT2D eigenvalue weighted by atomic mass is 9.83. The average Bonchev–Trinajstić information content (AvgIpc) is 2.93. The molecule has 1 fully saturated rings. The van der Waals surface area contributed by atoms with Crippen LogP contribution < -0.4 is 16.4 Å². The quantitative estimate of drug-likeness (QED) is 0.220. The number of nitrogens with one attached hydrogen (secondary N) is 2. The first kappa shape index (κ1) is 28.1. The van der Waals surface area contributed by atoms with Gasteiger partial charge in [0.15, 0.2) is 0 Å². The Balaban J connectivity index is 1.46. The van der Waals surface area contributed by atoms with Gasteiger partial charge < -0.3 is 21.3 Å². The molecule has 3 amide bonds. The maximum Gasteiger partial charge on any atom is 0.248 e. The zero-order chi connectivity index (χ0) is 27.8. The normalized spacial score (nSPS) is 14.7. The standard InChI is InChI=1S/C31H33BrN4O3/c1-21(37)36-18-16-23(17-19-36)20-27(31(39)34-26-13-11-25(32)12-14-26)24-9-6-22(7-10-24)8-15-30(38)35-29-5-3-2-4-28(29)33/h2-15,23,27H,16-20,33H2,1H3,(H,34,39)(H,35,38)/b15-8+. The van der Waals surface area contributed by atoms with Crippen LogP contribution in [0.2, 0.25) is 0 Å². The third-order valence-electron chi connectivity index (χ3n) is 7.04. The predicted molar refractivity (Wildman–Crippen MR) is 160 cm³/mol. The minimum atomic E-state index is -0.343. The van der Waals surface area contributed by atoms with Crippen molar-refractivity contribution in [2.24, 2.45) is 5.92 Å². The Labute approximate surface area is 237 Å². The summed E-state index contributed by atoms with van der Waals surface area (Å²) in [6, 6.07) is 22.3. The number of carbonyl (C=O) groups is 3. The first-order chi connectivity index (χ1) is 18.8. The summed E-state index contributed by atoms with van der Waals surface area (Å²) in [7, 11) is 0. The number of benzene rings is 3. The lowest BCUT2D eigenvalue weighted by molar-refractivity contribution is -0.130. The molecule has 1 aliphatic rings. The molecule has 0 bridgehead atoms. The van der Waals surface area contributed by atoms with Crippen molar-refractivity contribution in [3.05, 3.63) is 94.5 Å². The number of anilines is 3. The van der Waals surface area contributed by atoms with E-state index in [0.717, 1.165) is 47.2 Å². The minimum Gasteiger partial charge on any atom is -0.397 e. The van der Waals surface area contributed by atoms with Gasteiger partial charge in [0.05, 0.1) is 17.3 Å². The van der Waals surface area contributed by atoms with Gasteiger partial charge in [0, 0.05) is 36.2 Å². The van der Waals surface area contributed by atoms with Crippen molar-refractivity contribution < 1.29 is 14.4 Å². The molecule has 202 valence electrons. The number of nitrogens with zero attached hydrogens (tertiary/aromatic N) is 1. The third-order valence-corrected chi connectivity index (χ3v) is 7.57. The van der Waals surface area contributed by atoms with Crippen LogP contribution in [0.4, 0.5) is 17.1 Å². The van der Waals surface area contributed by atoms with Crippen molar-refractivity contribution in [2.45, 2.75) is 32.1 Å². The molecule has 4 rings (SSSR count). The van der Waals surface area contributed by atoms with Gasteiger partial charge in [-0.25, -0.2) is 0 Å². The molecular weight excluding hydrogens is 556 g/mol. The van der Waals surface area contributed by atoms with E-state index in [9.17, 15) is 14.4 Å². The van der Waals surface area contributed by atoms with E-state index in [1.54, 1.807) is 25.1 Å². The number of piperidine rings is 1. The number of rotatable bonds is 8. The molecule has 1 heterocycles. The predicted octanol–water partition coefficient (Wildman–Crippen LogP) is 6.05. The van der Waals surface area contributed by atoms with Crippen molar-refractivity contribution >= 4 is 56.8 Å². The fourth-order valence-electron chi connectivity index (χ4n) is 4.77. The number of nitrogen functional groups attached to an aromatic ring is 1. The molecule has 0 radical (unpaired) electrons. The largest absolute Gasteiger partial charge is 0.397 e. The van der Waals surface area contributed by atoms with E-state index in [1.165, 1.54) is 6.08 Å². The Hall–Kier alpha value is -3.91. The van der Waals surface area contributed by atoms with Gasteiger partial charge in [0.2, 0.25) is 17.7 Å². The van der Waals surface area contributed by atoms with Gasteiger partial charge in [-0.05, 0) is 78.8 Å². The summed E-state index contributed by atoms with van der Waals surface area (Å²) >= 11 is 3.43. The lowest BCUT2D eigenvalue weighted by Gasteiger charge is -2.33. The number of halogens is 1. The van der Waals surface area contributed by atoms with Gasteiger partial charge in [-0.15, -0.1) is 0 Å². The lowest BCUT2D eigenvalue weighted by Crippen LogP contribution is -2.37. The van der Waals surface area contributed by atoms with Crippen LogP contribution in [0.25, 0.3) is 6.08 Å². The van der Waals surface area contributed by atoms with E-state index >= 15 is 0 Å². The second-order valence-electron chi connectivity index (χ2n) is 9.81. The fourth-order valence-corrected chi connectivity index (χ4v) is 5.03. The highest BCUT2D eigenvalue weighted by Crippen LogP contribution is 2.32. The highest BCUT2D eigenvalue weighted by Gasteiger charge is 2.28. The molecule has 0 saturated carbocycles. The van der Waals surface area contributed by atoms with Crippen molar-refractivity contribution in [1.82, 2.24) is 4.90 Å². The van der Waals surface area contributed by atoms with E-state index < -0.39 is 0 Å². The van der Waals surface area contributed by atoms with Crippen LogP contribution in [-0.4, -0.2) is 35.7 Å². The van der Waals surface area contributed by atoms with Gasteiger partial charge in [-0.1, -0.05) is 52.3 Å². The van der Waals surface area contributed by atoms with Crippen molar-refractivity contribution in [3.8, 4) is 0 Å². The summed E-state index contributed by atoms with van der Waals surface area (Å²) in [4.78, 5) is 39.4. The second kappa shape index (κ2) is 13.2. The van der Waals surface area contributed by atoms with Crippen molar-refractivity contribution in [3.63, 3.8) is 0 Å². The summed E-state index contributed by atoms with van der Waals surface area (Å²) in [5.74, 6) is -0.238. The molecule has 3 aromatic rings. The van der Waals surface area contributed by atoms with E-state index in [2.05, 4.69) is 26.6 Å². The maximum atomic E-state index is 13.5. The van der Waals surface area contributed by atoms with E-state index in [0.29, 0.717) is 23.7 Å². The second-order valence-corrected chi connectivity index (χ2v) is 10.7. The molecule has 4 N–H and O–H groups in total. The SMILES string of the molecule is CC(=O)N1CCC(CC(C(=O)Nc2ccc(Br)cc2)c2ccc(/C=C/C(=O)Nc3ccccc3N)cc2)CC1. The monoisotopic (exact) mass is 588 g/mol. The molecular formula is C31H33BrN4O3. The summed E-state index contributed by atoms with van der Waals surface area (Å²) < 4.78 is 0.943. The Morgan fingerprint density at radius 1 is 0.974 bits per heavy atom. The van der Waals surface area contributed by atoms with Gasteiger partial charge >= 0.3 is 0 Å². The number of para-hydroxylation sites is 2. The highest BCUT2D eigenvalue weighted by atomic mass is 79.9. The van der Waals surface area contributed by atoms with Crippen LogP contribution in [0.1, 0.15) is 43.2 Å². The van der Waals surface area contributed by atoms with E-state index in [-0.39, 0.29) is 23.6 Å². The van der Waals surface area contributed by atoms with Crippen LogP contribution >= 0.6 is 15.9 Å². The number of amides is 3. The summed E-state index contributed by atoms with van der Waals surface area (Å²) in [6.07, 6.45) is 5.64. The van der Waals surface area contributed by atoms with Crippen LogP contribution in [0.5, 0.6) is 0 Å². The zero-order valence-corrected chi connectivity index (χ0v) is 23.5. The van der Waals surface area contributed by atoms with Crippen LogP contribution in [0, 0.1) is 5.92 Å². The smallest absolute Gasteiger partial charge is 0.248 e. The maximum absolute atomic E-state index is 13.5. The number of hydrogen-bond donors (Lipinski definition) is 3. The van der Waals surface area contributed by atoms with Crippen LogP contribution in [0.3, 0.4) is 0 Å². The molecule has 0 spiro atoms. The molecule has 0 aromatic heterocycles. The van der Waals surface area contributed by atoms with E-state index in [1.807, 2.05) is 65.6 Å². The van der Waals surface area contributed by atoms with Crippen LogP contribution in [-0.2, 0) is 14.4 Å². The highest BCUT2D eigenvalue weighted by molar-refractivity contribution is 9.10. The first-order valence-electron chi connectivity index (χ1n) is 13.0. The molecule has 8 heteroatoms. The van der Waals surface area contributed by atoms with Crippen molar-refractivity contribution in [2.75, 3.05) is 29.5 Å². The minimum absolute atomic E-state index is 0.0607. The number of nitrogens with two attached hydrogens (primary N) is 1. The van der Waals surface area contributed by atoms with Gasteiger partial charge in [-0.3, -0.25) is 14.4 Å². The summed E-state index contributed by atoms with van der Waals surface area (Å²) in [5.41, 5.74) is 9.46. The molecule has 1 unspecified atom stereocenters. The summed E-state index contributed by atoms with van der Waals surface area (Å²) in [5, 5.41) is 5.84. The number of carbonyl (C=O) groups excluding carboxylic acids is 3. The summed E-state index contributed by atoms with van der Waals surface area (Å²) in [6.45, 7) is 3.05. The zero-order valence-electron chi connectivity index (χ0n) is 21.9. The van der Waals surface area contributed by atoms with E-state index in [4.69, 9.17) is 5.73 Å². The fraction of sp³-hybridized carbons (Fsp3) is 0.258. The third kappa shape index (κ3) is 8.04. The van der Waals surface area contributed by atoms with Gasteiger partial charge in [0.25, 0.3) is 0 Å². The van der Waals surface area contributed by atoms with Gasteiger partial charge in [0.1, 0.15) is 0 Å². The molecule has 1 saturated heterocycles. The number of likely N-dealkylation sites (tertiary alicyclic amines) is 1. The Kier molecular flexibility index (Phi) is 9.54. The topological polar surface area (TPSA) is 105 Å². The molecule has 0 aliphatic carbocycles. The Bertz CT molecular complexity index is 1330. The molecule has 39 heavy (non-hydrogen) atoms. The molecule has 1 atom stereocenters. The Morgan fingerprint density at radius 3 is 2.28 bits per heavy atom. The van der Waals surface area contributed by atoms with Crippen molar-refractivity contribution in [1.29, 1.82) is 0 Å².